The summed E-state index contributed by atoms with van der Waals surface area (Å²) >= 11 is 0. The first kappa shape index (κ1) is 10.2. The molecule has 1 aromatic rings. The molecule has 0 saturated heterocycles. The van der Waals surface area contributed by atoms with Crippen molar-refractivity contribution in [2.45, 2.75) is 0 Å². The van der Waals surface area contributed by atoms with Crippen LogP contribution >= 0.6 is 0 Å². The van der Waals surface area contributed by atoms with E-state index in [1.165, 1.54) is 7.05 Å². The molecule has 0 aliphatic carbocycles. The van der Waals surface area contributed by atoms with Gasteiger partial charge < -0.3 is 4.74 Å². The summed E-state index contributed by atoms with van der Waals surface area (Å²) in [6, 6.07) is 8.54. The van der Waals surface area contributed by atoms with Gasteiger partial charge in [-0.2, -0.15) is 0 Å². The van der Waals surface area contributed by atoms with Crippen LogP contribution in [0.2, 0.25) is 0 Å². The Balaban J connectivity index is 2.47. The number of hydrogen-bond acceptors (Lipinski definition) is 4. The highest BCUT2D eigenvalue weighted by atomic mass is 16.5. The van der Waals surface area contributed by atoms with Crippen LogP contribution in [0, 0.1) is 4.91 Å². The first-order valence-electron chi connectivity index (χ1n) is 4.00. The van der Waals surface area contributed by atoms with Gasteiger partial charge in [0.05, 0.1) is 10.8 Å². The van der Waals surface area contributed by atoms with E-state index in [9.17, 15) is 9.70 Å². The van der Waals surface area contributed by atoms with E-state index in [2.05, 4.69) is 5.29 Å². The molecule has 1 rings (SSSR count). The second-order valence-electron chi connectivity index (χ2n) is 2.67. The van der Waals surface area contributed by atoms with Crippen LogP contribution in [0.25, 0.3) is 0 Å². The van der Waals surface area contributed by atoms with Crippen LogP contribution in [0.1, 0.15) is 10.4 Å². The molecule has 0 atom stereocenters. The van der Waals surface area contributed by atoms with Crippen LogP contribution in [0.5, 0.6) is 0 Å². The molecule has 5 nitrogen and oxygen atoms in total. The van der Waals surface area contributed by atoms with Gasteiger partial charge in [-0.05, 0) is 12.1 Å². The number of rotatable bonds is 4. The summed E-state index contributed by atoms with van der Waals surface area (Å²) in [6.07, 6.45) is 0. The van der Waals surface area contributed by atoms with Gasteiger partial charge in [-0.25, -0.2) is 9.80 Å². The molecule has 1 aromatic carbocycles. The number of hydrogen-bond donors (Lipinski definition) is 0. The fourth-order valence-electron chi connectivity index (χ4n) is 0.833. The van der Waals surface area contributed by atoms with Gasteiger partial charge in [0.25, 0.3) is 0 Å². The molecule has 14 heavy (non-hydrogen) atoms. The summed E-state index contributed by atoms with van der Waals surface area (Å²) in [4.78, 5) is 21.2. The number of carbonyl (C=O) groups is 1. The summed E-state index contributed by atoms with van der Waals surface area (Å²) in [5, 5.41) is 3.55. The van der Waals surface area contributed by atoms with Crippen molar-refractivity contribution in [3.05, 3.63) is 40.8 Å². The van der Waals surface area contributed by atoms with E-state index in [1.807, 2.05) is 0 Å². The highest BCUT2D eigenvalue weighted by Gasteiger charge is 2.06. The third kappa shape index (κ3) is 2.85. The van der Waals surface area contributed by atoms with E-state index in [-0.39, 0.29) is 6.73 Å². The second-order valence-corrected chi connectivity index (χ2v) is 2.67. The van der Waals surface area contributed by atoms with Gasteiger partial charge >= 0.3 is 5.97 Å². The highest BCUT2D eigenvalue weighted by molar-refractivity contribution is 5.89. The summed E-state index contributed by atoms with van der Waals surface area (Å²) in [5.74, 6) is -0.471. The van der Waals surface area contributed by atoms with Gasteiger partial charge in [0.1, 0.15) is 0 Å². The SMILES string of the molecule is CN(COC(=O)c1ccccc1)N=O. The Morgan fingerprint density at radius 2 is 2.07 bits per heavy atom. The lowest BCUT2D eigenvalue weighted by atomic mass is 10.2. The minimum Gasteiger partial charge on any atom is -0.439 e. The highest BCUT2D eigenvalue weighted by Crippen LogP contribution is 2.01. The number of benzene rings is 1. The largest absolute Gasteiger partial charge is 0.439 e. The maximum absolute atomic E-state index is 11.3. The van der Waals surface area contributed by atoms with Crippen molar-refractivity contribution >= 4 is 5.97 Å². The van der Waals surface area contributed by atoms with Crippen LogP contribution in [0.15, 0.2) is 35.6 Å². The van der Waals surface area contributed by atoms with Crippen molar-refractivity contribution in [1.29, 1.82) is 0 Å². The molecule has 0 spiro atoms. The normalized spacial score (nSPS) is 9.21. The maximum Gasteiger partial charge on any atom is 0.339 e. The van der Waals surface area contributed by atoms with Crippen molar-refractivity contribution in [2.75, 3.05) is 13.8 Å². The molecular formula is C9H10N2O3. The Morgan fingerprint density at radius 3 is 2.64 bits per heavy atom. The van der Waals surface area contributed by atoms with Crippen molar-refractivity contribution in [3.63, 3.8) is 0 Å². The predicted molar refractivity (Wildman–Crippen MR) is 50.3 cm³/mol. The van der Waals surface area contributed by atoms with E-state index in [0.29, 0.717) is 5.56 Å². The summed E-state index contributed by atoms with van der Waals surface area (Å²) in [7, 11) is 1.42. The summed E-state index contributed by atoms with van der Waals surface area (Å²) in [6.45, 7) is -0.142. The Morgan fingerprint density at radius 1 is 1.43 bits per heavy atom. The zero-order valence-corrected chi connectivity index (χ0v) is 7.71. The van der Waals surface area contributed by atoms with Crippen LogP contribution in [-0.4, -0.2) is 24.8 Å². The zero-order chi connectivity index (χ0) is 10.4. The molecule has 0 aliphatic heterocycles. The smallest absolute Gasteiger partial charge is 0.339 e. The molecule has 0 aliphatic rings. The van der Waals surface area contributed by atoms with Gasteiger partial charge in [0, 0.05) is 7.05 Å². The molecule has 0 radical (unpaired) electrons. The van der Waals surface area contributed by atoms with Gasteiger partial charge in [0.15, 0.2) is 6.73 Å². The molecule has 0 N–H and O–H groups in total. The lowest BCUT2D eigenvalue weighted by molar-refractivity contribution is 0.0275. The summed E-state index contributed by atoms with van der Waals surface area (Å²) in [5.41, 5.74) is 0.451. The average Bonchev–Trinajstić information content (AvgIpc) is 2.26. The molecule has 0 saturated carbocycles. The maximum atomic E-state index is 11.3. The molecule has 0 unspecified atom stereocenters. The zero-order valence-electron chi connectivity index (χ0n) is 7.71. The fourth-order valence-corrected chi connectivity index (χ4v) is 0.833. The Labute approximate surface area is 81.2 Å². The first-order chi connectivity index (χ1) is 6.74. The fraction of sp³-hybridized carbons (Fsp3) is 0.222. The van der Waals surface area contributed by atoms with Crippen molar-refractivity contribution in [1.82, 2.24) is 5.01 Å². The third-order valence-electron chi connectivity index (χ3n) is 1.53. The summed E-state index contributed by atoms with van der Waals surface area (Å²) < 4.78 is 4.77. The molecular weight excluding hydrogens is 184 g/mol. The number of nitrogens with zero attached hydrogens (tertiary/aromatic N) is 2. The molecule has 0 fully saturated rings. The molecule has 74 valence electrons. The Bertz CT molecular complexity index is 313. The number of ether oxygens (including phenoxy) is 1. The van der Waals surface area contributed by atoms with E-state index in [0.717, 1.165) is 5.01 Å². The predicted octanol–water partition coefficient (Wildman–Crippen LogP) is 1.41. The quantitative estimate of drug-likeness (QED) is 0.315. The second kappa shape index (κ2) is 4.96. The van der Waals surface area contributed by atoms with Gasteiger partial charge in [0.2, 0.25) is 0 Å². The topological polar surface area (TPSA) is 59.0 Å². The van der Waals surface area contributed by atoms with E-state index >= 15 is 0 Å². The third-order valence-corrected chi connectivity index (χ3v) is 1.53. The van der Waals surface area contributed by atoms with Gasteiger partial charge in [-0.1, -0.05) is 18.2 Å². The monoisotopic (exact) mass is 194 g/mol. The van der Waals surface area contributed by atoms with Crippen molar-refractivity contribution < 1.29 is 9.53 Å². The first-order valence-corrected chi connectivity index (χ1v) is 4.00. The lowest BCUT2D eigenvalue weighted by Crippen LogP contribution is -2.18. The molecule has 0 bridgehead atoms. The minimum atomic E-state index is -0.471. The lowest BCUT2D eigenvalue weighted by Gasteiger charge is -2.08. The van der Waals surface area contributed by atoms with Crippen LogP contribution in [0.3, 0.4) is 0 Å². The van der Waals surface area contributed by atoms with Gasteiger partial charge in [-0.15, -0.1) is 4.91 Å². The van der Waals surface area contributed by atoms with Crippen LogP contribution < -0.4 is 0 Å². The standard InChI is InChI=1S/C9H10N2O3/c1-11(10-13)7-14-9(12)8-5-3-2-4-6-8/h2-6H,7H2,1H3. The van der Waals surface area contributed by atoms with E-state index < -0.39 is 5.97 Å². The average molecular weight is 194 g/mol. The van der Waals surface area contributed by atoms with Crippen LogP contribution in [-0.2, 0) is 4.74 Å². The van der Waals surface area contributed by atoms with E-state index in [1.54, 1.807) is 30.3 Å². The Kier molecular flexibility index (Phi) is 3.60. The molecule has 0 aromatic heterocycles. The van der Waals surface area contributed by atoms with Gasteiger partial charge in [-0.3, -0.25) is 0 Å². The molecule has 5 heteroatoms. The van der Waals surface area contributed by atoms with Crippen molar-refractivity contribution in [3.8, 4) is 0 Å². The number of esters is 1. The number of carbonyl (C=O) groups excluding carboxylic acids is 1. The Hall–Kier alpha value is -1.91. The molecule has 0 heterocycles. The minimum absolute atomic E-state index is 0.142. The number of nitroso groups, excluding NO2 is 1. The van der Waals surface area contributed by atoms with E-state index in [4.69, 9.17) is 4.74 Å². The molecule has 0 amide bonds. The van der Waals surface area contributed by atoms with Crippen molar-refractivity contribution in [2.24, 2.45) is 5.29 Å². The van der Waals surface area contributed by atoms with Crippen LogP contribution in [0.4, 0.5) is 0 Å².